The largest absolute Gasteiger partial charge is 0.494 e. The lowest BCUT2D eigenvalue weighted by molar-refractivity contribution is 0.122. The number of nitrogens with one attached hydrogen (secondary N) is 3. The van der Waals surface area contributed by atoms with Crippen LogP contribution in [0.4, 0.5) is 28.8 Å². The van der Waals surface area contributed by atoms with Crippen molar-refractivity contribution in [2.45, 2.75) is 17.9 Å². The van der Waals surface area contributed by atoms with E-state index < -0.39 is 16.1 Å². The van der Waals surface area contributed by atoms with Crippen molar-refractivity contribution in [2.24, 2.45) is 0 Å². The maximum atomic E-state index is 12.8. The van der Waals surface area contributed by atoms with Crippen LogP contribution < -0.4 is 25.0 Å². The molecule has 11 nitrogen and oxygen atoms in total. The fraction of sp³-hybridized carbons (Fsp3) is 0.333. The van der Waals surface area contributed by atoms with Crippen molar-refractivity contribution in [3.05, 3.63) is 53.7 Å². The summed E-state index contributed by atoms with van der Waals surface area (Å²) in [5.41, 5.74) is 1.93. The summed E-state index contributed by atoms with van der Waals surface area (Å²) in [7, 11) is -2.32. The molecule has 0 spiro atoms. The van der Waals surface area contributed by atoms with Crippen LogP contribution in [0.1, 0.15) is 6.92 Å². The van der Waals surface area contributed by atoms with Crippen molar-refractivity contribution in [3.63, 3.8) is 0 Å². The SMILES string of the molecule is COc1cc(N2CCOCC2)ccc1Nc1ncc(Cl)c(Nc2ccccc2S(=O)(=O)NC[C@H](C)O)n1. The molecule has 0 aliphatic carbocycles. The van der Waals surface area contributed by atoms with E-state index in [1.165, 1.54) is 19.2 Å². The highest BCUT2D eigenvalue weighted by Gasteiger charge is 2.20. The Kier molecular flexibility index (Phi) is 8.67. The number of rotatable bonds is 10. The number of hydrogen-bond donors (Lipinski definition) is 4. The number of para-hydroxylation sites is 1. The second kappa shape index (κ2) is 11.9. The van der Waals surface area contributed by atoms with Crippen molar-refractivity contribution in [1.29, 1.82) is 0 Å². The molecule has 198 valence electrons. The Labute approximate surface area is 220 Å². The zero-order chi connectivity index (χ0) is 26.4. The van der Waals surface area contributed by atoms with Crippen molar-refractivity contribution in [2.75, 3.05) is 55.5 Å². The molecule has 2 aromatic carbocycles. The number of halogens is 1. The lowest BCUT2D eigenvalue weighted by atomic mass is 10.2. The molecule has 1 aromatic heterocycles. The first-order chi connectivity index (χ1) is 17.8. The molecule has 1 fully saturated rings. The molecule has 0 unspecified atom stereocenters. The normalized spacial score (nSPS) is 14.8. The fourth-order valence-electron chi connectivity index (χ4n) is 3.68. The standard InChI is InChI=1S/C24H29ClN6O5S/c1-16(32)14-27-37(33,34)22-6-4-3-5-20(22)28-23-18(25)15-26-24(30-23)29-19-8-7-17(13-21(19)35-2)31-9-11-36-12-10-31/h3-8,13,15-16,27,32H,9-12,14H2,1-2H3,(H2,26,28,29,30)/t16-/m0/s1. The molecule has 1 aliphatic heterocycles. The summed E-state index contributed by atoms with van der Waals surface area (Å²) >= 11 is 6.33. The van der Waals surface area contributed by atoms with Crippen LogP contribution >= 0.6 is 11.6 Å². The van der Waals surface area contributed by atoms with Gasteiger partial charge in [0.1, 0.15) is 15.7 Å². The molecule has 2 heterocycles. The number of anilines is 5. The summed E-state index contributed by atoms with van der Waals surface area (Å²) in [5, 5.41) is 15.8. The van der Waals surface area contributed by atoms with Crippen molar-refractivity contribution in [1.82, 2.24) is 14.7 Å². The zero-order valence-electron chi connectivity index (χ0n) is 20.4. The Morgan fingerprint density at radius 3 is 2.65 bits per heavy atom. The molecule has 0 amide bonds. The minimum absolute atomic E-state index is 0.0137. The highest BCUT2D eigenvalue weighted by Crippen LogP contribution is 2.33. The van der Waals surface area contributed by atoms with E-state index in [-0.39, 0.29) is 33.9 Å². The summed E-state index contributed by atoms with van der Waals surface area (Å²) in [4.78, 5) is 10.9. The third kappa shape index (κ3) is 6.79. The third-order valence-corrected chi connectivity index (χ3v) is 7.31. The second-order valence-electron chi connectivity index (χ2n) is 8.32. The molecule has 13 heteroatoms. The van der Waals surface area contributed by atoms with E-state index in [1.54, 1.807) is 25.3 Å². The summed E-state index contributed by atoms with van der Waals surface area (Å²) in [5.74, 6) is 1.05. The molecular formula is C24H29ClN6O5S. The molecule has 0 saturated carbocycles. The van der Waals surface area contributed by atoms with Gasteiger partial charge in [-0.3, -0.25) is 0 Å². The summed E-state index contributed by atoms with van der Waals surface area (Å²) in [6.45, 7) is 4.34. The molecule has 1 atom stereocenters. The van der Waals surface area contributed by atoms with Gasteiger partial charge in [0.25, 0.3) is 0 Å². The Bertz CT molecular complexity index is 1330. The monoisotopic (exact) mass is 548 g/mol. The van der Waals surface area contributed by atoms with E-state index in [2.05, 4.69) is 30.2 Å². The Balaban J connectivity index is 1.56. The number of benzene rings is 2. The second-order valence-corrected chi connectivity index (χ2v) is 10.5. The average molecular weight is 549 g/mol. The molecule has 0 radical (unpaired) electrons. The number of methoxy groups -OCH3 is 1. The van der Waals surface area contributed by atoms with Gasteiger partial charge in [0.05, 0.1) is 44.0 Å². The number of morpholine rings is 1. The topological polar surface area (TPSA) is 138 Å². The van der Waals surface area contributed by atoms with Gasteiger partial charge in [-0.25, -0.2) is 18.1 Å². The number of sulfonamides is 1. The molecular weight excluding hydrogens is 520 g/mol. The van der Waals surface area contributed by atoms with Gasteiger partial charge in [-0.2, -0.15) is 4.98 Å². The zero-order valence-corrected chi connectivity index (χ0v) is 22.0. The molecule has 4 N–H and O–H groups in total. The molecule has 3 aromatic rings. The highest BCUT2D eigenvalue weighted by molar-refractivity contribution is 7.89. The van der Waals surface area contributed by atoms with Crippen molar-refractivity contribution >= 4 is 50.5 Å². The Morgan fingerprint density at radius 1 is 1.16 bits per heavy atom. The number of aliphatic hydroxyl groups excluding tert-OH is 1. The first-order valence-corrected chi connectivity index (χ1v) is 13.5. The fourth-order valence-corrected chi connectivity index (χ4v) is 5.10. The maximum Gasteiger partial charge on any atom is 0.242 e. The van der Waals surface area contributed by atoms with Crippen LogP contribution in [0.15, 0.2) is 53.6 Å². The van der Waals surface area contributed by atoms with Crippen LogP contribution in [0.5, 0.6) is 5.75 Å². The van der Waals surface area contributed by atoms with Crippen molar-refractivity contribution < 1.29 is 23.0 Å². The minimum atomic E-state index is -3.90. The number of hydrogen-bond acceptors (Lipinski definition) is 10. The number of nitrogens with zero attached hydrogens (tertiary/aromatic N) is 3. The van der Waals surface area contributed by atoms with Gasteiger partial charge in [0.15, 0.2) is 5.82 Å². The van der Waals surface area contributed by atoms with E-state index in [4.69, 9.17) is 21.1 Å². The lowest BCUT2D eigenvalue weighted by Gasteiger charge is -2.29. The number of aliphatic hydroxyl groups is 1. The van der Waals surface area contributed by atoms with Crippen LogP contribution in [0.25, 0.3) is 0 Å². The lowest BCUT2D eigenvalue weighted by Crippen LogP contribution is -2.36. The van der Waals surface area contributed by atoms with E-state index in [0.717, 1.165) is 18.8 Å². The van der Waals surface area contributed by atoms with Gasteiger partial charge in [-0.1, -0.05) is 23.7 Å². The highest BCUT2D eigenvalue weighted by atomic mass is 35.5. The molecule has 4 rings (SSSR count). The number of aromatic nitrogens is 2. The van der Waals surface area contributed by atoms with Crippen LogP contribution in [0, 0.1) is 0 Å². The van der Waals surface area contributed by atoms with E-state index in [0.29, 0.717) is 24.7 Å². The predicted octanol–water partition coefficient (Wildman–Crippen LogP) is 3.12. The molecule has 37 heavy (non-hydrogen) atoms. The molecule has 0 bridgehead atoms. The Morgan fingerprint density at radius 2 is 1.92 bits per heavy atom. The Hall–Kier alpha value is -3.16. The van der Waals surface area contributed by atoms with Crippen molar-refractivity contribution in [3.8, 4) is 5.75 Å². The van der Waals surface area contributed by atoms with E-state index in [1.807, 2.05) is 18.2 Å². The van der Waals surface area contributed by atoms with Gasteiger partial charge in [-0.05, 0) is 31.2 Å². The smallest absolute Gasteiger partial charge is 0.242 e. The first kappa shape index (κ1) is 26.9. The van der Waals surface area contributed by atoms with Crippen LogP contribution in [-0.4, -0.2) is 69.6 Å². The van der Waals surface area contributed by atoms with Gasteiger partial charge in [-0.15, -0.1) is 0 Å². The summed E-state index contributed by atoms with van der Waals surface area (Å²) < 4.78 is 39.0. The first-order valence-electron chi connectivity index (χ1n) is 11.6. The predicted molar refractivity (Wildman–Crippen MR) is 143 cm³/mol. The minimum Gasteiger partial charge on any atom is -0.494 e. The maximum absolute atomic E-state index is 12.8. The average Bonchev–Trinajstić information content (AvgIpc) is 2.90. The molecule has 1 aliphatic rings. The van der Waals surface area contributed by atoms with E-state index >= 15 is 0 Å². The van der Waals surface area contributed by atoms with Crippen LogP contribution in [0.2, 0.25) is 5.02 Å². The van der Waals surface area contributed by atoms with Gasteiger partial charge in [0.2, 0.25) is 16.0 Å². The van der Waals surface area contributed by atoms with Gasteiger partial charge in [0, 0.05) is 31.4 Å². The van der Waals surface area contributed by atoms with E-state index in [9.17, 15) is 13.5 Å². The summed E-state index contributed by atoms with van der Waals surface area (Å²) in [6, 6.07) is 12.1. The van der Waals surface area contributed by atoms with Crippen LogP contribution in [-0.2, 0) is 14.8 Å². The molecule has 1 saturated heterocycles. The quantitative estimate of drug-likeness (QED) is 0.299. The van der Waals surface area contributed by atoms with Gasteiger partial charge >= 0.3 is 0 Å². The summed E-state index contributed by atoms with van der Waals surface area (Å²) in [6.07, 6.45) is 0.580. The van der Waals surface area contributed by atoms with Crippen LogP contribution in [0.3, 0.4) is 0 Å². The number of ether oxygens (including phenoxy) is 2. The van der Waals surface area contributed by atoms with Gasteiger partial charge < -0.3 is 30.1 Å². The third-order valence-electron chi connectivity index (χ3n) is 5.55.